The molecule has 3 aromatic heterocycles. The van der Waals surface area contributed by atoms with Crippen LogP contribution >= 0.6 is 0 Å². The Labute approximate surface area is 140 Å². The summed E-state index contributed by atoms with van der Waals surface area (Å²) >= 11 is 0. The molecule has 0 unspecified atom stereocenters. The predicted molar refractivity (Wildman–Crippen MR) is 78.9 cm³/mol. The van der Waals surface area contributed by atoms with Crippen LogP contribution in [0.1, 0.15) is 17.2 Å². The number of amides is 1. The van der Waals surface area contributed by atoms with Gasteiger partial charge in [-0.15, -0.1) is 0 Å². The highest BCUT2D eigenvalue weighted by atomic mass is 19.4. The summed E-state index contributed by atoms with van der Waals surface area (Å²) in [5, 5.41) is 3.40. The Balaban J connectivity index is 1.72. The lowest BCUT2D eigenvalue weighted by Gasteiger charge is -2.20. The van der Waals surface area contributed by atoms with Gasteiger partial charge in [0.15, 0.2) is 5.69 Å². The van der Waals surface area contributed by atoms with E-state index in [0.717, 1.165) is 16.9 Å². The van der Waals surface area contributed by atoms with Gasteiger partial charge in [-0.3, -0.25) is 9.48 Å². The number of rotatable bonds is 6. The molecule has 9 heteroatoms. The van der Waals surface area contributed by atoms with Gasteiger partial charge in [-0.1, -0.05) is 0 Å². The Hall–Kier alpha value is -2.97. The first-order valence-electron chi connectivity index (χ1n) is 7.35. The van der Waals surface area contributed by atoms with Gasteiger partial charge >= 0.3 is 6.18 Å². The van der Waals surface area contributed by atoms with E-state index >= 15 is 0 Å². The van der Waals surface area contributed by atoms with Crippen molar-refractivity contribution in [1.82, 2.24) is 14.7 Å². The third-order valence-corrected chi connectivity index (χ3v) is 3.43. The van der Waals surface area contributed by atoms with E-state index in [1.54, 1.807) is 24.3 Å². The quantitative estimate of drug-likeness (QED) is 0.682. The summed E-state index contributed by atoms with van der Waals surface area (Å²) in [6.45, 7) is 0.0113. The topological polar surface area (TPSA) is 64.4 Å². The smallest absolute Gasteiger partial charge is 0.435 e. The van der Waals surface area contributed by atoms with E-state index in [1.807, 2.05) is 0 Å². The maximum absolute atomic E-state index is 12.6. The van der Waals surface area contributed by atoms with Gasteiger partial charge in [0.25, 0.3) is 0 Å². The molecule has 3 rings (SSSR count). The number of halogens is 3. The fourth-order valence-corrected chi connectivity index (χ4v) is 2.25. The zero-order valence-corrected chi connectivity index (χ0v) is 12.9. The van der Waals surface area contributed by atoms with Gasteiger partial charge in [0.2, 0.25) is 5.91 Å². The van der Waals surface area contributed by atoms with Gasteiger partial charge in [-0.2, -0.15) is 18.3 Å². The van der Waals surface area contributed by atoms with Crippen LogP contribution in [0.4, 0.5) is 13.2 Å². The van der Waals surface area contributed by atoms with Crippen molar-refractivity contribution in [1.29, 1.82) is 0 Å². The van der Waals surface area contributed by atoms with Crippen LogP contribution in [-0.4, -0.2) is 20.6 Å². The number of aromatic nitrogens is 2. The van der Waals surface area contributed by atoms with Crippen LogP contribution in [0.15, 0.2) is 57.9 Å². The molecule has 0 radical (unpaired) electrons. The lowest BCUT2D eigenvalue weighted by molar-refractivity contribution is -0.142. The molecule has 0 aliphatic carbocycles. The molecule has 0 aromatic carbocycles. The molecule has 132 valence electrons. The second-order valence-corrected chi connectivity index (χ2v) is 5.30. The van der Waals surface area contributed by atoms with Gasteiger partial charge < -0.3 is 13.7 Å². The fourth-order valence-electron chi connectivity index (χ4n) is 2.25. The second-order valence-electron chi connectivity index (χ2n) is 5.30. The Morgan fingerprint density at radius 1 is 1.08 bits per heavy atom. The molecule has 25 heavy (non-hydrogen) atoms. The van der Waals surface area contributed by atoms with Crippen molar-refractivity contribution in [3.8, 4) is 0 Å². The van der Waals surface area contributed by atoms with Gasteiger partial charge in [0.1, 0.15) is 18.1 Å². The molecule has 0 fully saturated rings. The van der Waals surface area contributed by atoms with Crippen LogP contribution in [0.3, 0.4) is 0 Å². The first kappa shape index (κ1) is 16.9. The van der Waals surface area contributed by atoms with Crippen LogP contribution < -0.4 is 0 Å². The molecule has 0 aliphatic heterocycles. The van der Waals surface area contributed by atoms with Crippen molar-refractivity contribution >= 4 is 5.91 Å². The lowest BCUT2D eigenvalue weighted by Crippen LogP contribution is -2.33. The lowest BCUT2D eigenvalue weighted by atomic mass is 10.3. The third kappa shape index (κ3) is 4.31. The highest BCUT2D eigenvalue weighted by molar-refractivity contribution is 5.75. The van der Waals surface area contributed by atoms with Crippen molar-refractivity contribution in [2.24, 2.45) is 0 Å². The van der Waals surface area contributed by atoms with Crippen molar-refractivity contribution in [2.75, 3.05) is 0 Å². The molecule has 6 nitrogen and oxygen atoms in total. The van der Waals surface area contributed by atoms with Crippen molar-refractivity contribution in [3.63, 3.8) is 0 Å². The zero-order valence-electron chi connectivity index (χ0n) is 12.9. The number of nitrogens with zero attached hydrogens (tertiary/aromatic N) is 3. The normalized spacial score (nSPS) is 11.6. The standard InChI is InChI=1S/C16H14F3N3O3/c17-16(18,19)14-5-6-22(20-14)11-15(23)21(9-12-3-1-7-24-12)10-13-4-2-8-25-13/h1-8H,9-11H2. The average molecular weight is 353 g/mol. The van der Waals surface area contributed by atoms with Gasteiger partial charge in [-0.25, -0.2) is 0 Å². The summed E-state index contributed by atoms with van der Waals surface area (Å²) in [7, 11) is 0. The molecular weight excluding hydrogens is 339 g/mol. The molecular formula is C16H14F3N3O3. The number of alkyl halides is 3. The molecule has 0 saturated heterocycles. The maximum Gasteiger partial charge on any atom is 0.435 e. The predicted octanol–water partition coefficient (Wildman–Crippen LogP) is 3.32. The van der Waals surface area contributed by atoms with Crippen molar-refractivity contribution < 1.29 is 26.8 Å². The van der Waals surface area contributed by atoms with Crippen LogP contribution in [0, 0.1) is 0 Å². The van der Waals surface area contributed by atoms with E-state index in [9.17, 15) is 18.0 Å². The molecule has 0 saturated carbocycles. The van der Waals surface area contributed by atoms with E-state index in [0.29, 0.717) is 11.5 Å². The van der Waals surface area contributed by atoms with Crippen molar-refractivity contribution in [2.45, 2.75) is 25.8 Å². The Morgan fingerprint density at radius 3 is 2.12 bits per heavy atom. The SMILES string of the molecule is O=C(Cn1ccc(C(F)(F)F)n1)N(Cc1ccco1)Cc1ccco1. The summed E-state index contributed by atoms with van der Waals surface area (Å²) in [5.74, 6) is 0.692. The molecule has 0 N–H and O–H groups in total. The highest BCUT2D eigenvalue weighted by Gasteiger charge is 2.33. The van der Waals surface area contributed by atoms with Crippen LogP contribution in [0.2, 0.25) is 0 Å². The molecule has 0 spiro atoms. The summed E-state index contributed by atoms with van der Waals surface area (Å²) in [6, 6.07) is 7.62. The molecule has 3 aromatic rings. The number of carbonyl (C=O) groups excluding carboxylic acids is 1. The first-order chi connectivity index (χ1) is 11.9. The molecule has 0 aliphatic rings. The van der Waals surface area contributed by atoms with Crippen LogP contribution in [0.25, 0.3) is 0 Å². The second kappa shape index (κ2) is 6.88. The van der Waals surface area contributed by atoms with Crippen molar-refractivity contribution in [3.05, 3.63) is 66.3 Å². The minimum absolute atomic E-state index is 0.167. The summed E-state index contributed by atoms with van der Waals surface area (Å²) in [4.78, 5) is 13.9. The monoisotopic (exact) mass is 353 g/mol. The fraction of sp³-hybridized carbons (Fsp3) is 0.250. The first-order valence-corrected chi connectivity index (χ1v) is 7.35. The van der Waals surface area contributed by atoms with Crippen LogP contribution in [0.5, 0.6) is 0 Å². The summed E-state index contributed by atoms with van der Waals surface area (Å²) in [6.07, 6.45) is -0.461. The molecule has 3 heterocycles. The largest absolute Gasteiger partial charge is 0.467 e. The number of hydrogen-bond acceptors (Lipinski definition) is 4. The molecule has 1 amide bonds. The average Bonchev–Trinajstić information content (AvgIpc) is 3.28. The maximum atomic E-state index is 12.6. The highest BCUT2D eigenvalue weighted by Crippen LogP contribution is 2.27. The summed E-state index contributed by atoms with van der Waals surface area (Å²) in [5.41, 5.74) is -1.04. The minimum atomic E-state index is -4.55. The van der Waals surface area contributed by atoms with Gasteiger partial charge in [0.05, 0.1) is 25.6 Å². The summed E-state index contributed by atoms with van der Waals surface area (Å²) < 4.78 is 49.2. The Morgan fingerprint density at radius 2 is 1.68 bits per heavy atom. The molecule has 0 atom stereocenters. The van der Waals surface area contributed by atoms with Crippen LogP contribution in [-0.2, 0) is 30.6 Å². The van der Waals surface area contributed by atoms with E-state index in [-0.39, 0.29) is 19.6 Å². The van der Waals surface area contributed by atoms with Gasteiger partial charge in [-0.05, 0) is 30.3 Å². The third-order valence-electron chi connectivity index (χ3n) is 3.43. The van der Waals surface area contributed by atoms with E-state index in [1.165, 1.54) is 17.4 Å². The van der Waals surface area contributed by atoms with E-state index in [2.05, 4.69) is 5.10 Å². The minimum Gasteiger partial charge on any atom is -0.467 e. The number of carbonyl (C=O) groups is 1. The Kier molecular flexibility index (Phi) is 4.64. The van der Waals surface area contributed by atoms with E-state index < -0.39 is 17.8 Å². The molecule has 0 bridgehead atoms. The van der Waals surface area contributed by atoms with Gasteiger partial charge in [0, 0.05) is 6.20 Å². The number of hydrogen-bond donors (Lipinski definition) is 0. The van der Waals surface area contributed by atoms with E-state index in [4.69, 9.17) is 8.83 Å². The zero-order chi connectivity index (χ0) is 17.9. The number of furan rings is 2. The Bertz CT molecular complexity index is 771.